The second-order valence-corrected chi connectivity index (χ2v) is 4.37. The number of anilines is 1. The van der Waals surface area contributed by atoms with Crippen molar-refractivity contribution in [1.29, 1.82) is 0 Å². The maximum atomic E-state index is 11.4. The van der Waals surface area contributed by atoms with E-state index < -0.39 is 5.97 Å². The minimum Gasteiger partial charge on any atom is -0.481 e. The summed E-state index contributed by atoms with van der Waals surface area (Å²) < 4.78 is 0. The fourth-order valence-electron chi connectivity index (χ4n) is 1.14. The van der Waals surface area contributed by atoms with Gasteiger partial charge in [0, 0.05) is 11.8 Å². The predicted octanol–water partition coefficient (Wildman–Crippen LogP) is 0.844. The van der Waals surface area contributed by atoms with Gasteiger partial charge in [0.15, 0.2) is 5.13 Å². The van der Waals surface area contributed by atoms with Crippen LogP contribution in [-0.2, 0) is 9.59 Å². The summed E-state index contributed by atoms with van der Waals surface area (Å²) in [6.45, 7) is 2.53. The molecule has 0 unspecified atom stereocenters. The molecule has 0 fully saturated rings. The molecule has 17 heavy (non-hydrogen) atoms. The highest BCUT2D eigenvalue weighted by atomic mass is 32.1. The van der Waals surface area contributed by atoms with Gasteiger partial charge in [0.05, 0.1) is 12.2 Å². The molecule has 0 saturated carbocycles. The highest BCUT2D eigenvalue weighted by Crippen LogP contribution is 2.13. The predicted molar refractivity (Wildman–Crippen MR) is 65.2 cm³/mol. The maximum Gasteiger partial charge on any atom is 0.303 e. The monoisotopic (exact) mass is 257 g/mol. The molecule has 0 atom stereocenters. The number of hydrogen-bond donors (Lipinski definition) is 3. The van der Waals surface area contributed by atoms with Gasteiger partial charge in [-0.15, -0.1) is 11.3 Å². The highest BCUT2D eigenvalue weighted by Gasteiger charge is 2.04. The standard InChI is InChI=1S/C10H15N3O3S/c1-7-6-17-10(12-7)13-8(14)5-11-4-2-3-9(15)16/h6,11H,2-5H2,1H3,(H,15,16)(H,12,13,14). The summed E-state index contributed by atoms with van der Waals surface area (Å²) in [6.07, 6.45) is 0.624. The molecule has 0 aromatic carbocycles. The third kappa shape index (κ3) is 5.98. The van der Waals surface area contributed by atoms with Crippen LogP contribution in [0.5, 0.6) is 0 Å². The van der Waals surface area contributed by atoms with Crippen molar-refractivity contribution < 1.29 is 14.7 Å². The molecule has 1 heterocycles. The highest BCUT2D eigenvalue weighted by molar-refractivity contribution is 7.13. The van der Waals surface area contributed by atoms with E-state index in [4.69, 9.17) is 5.11 Å². The van der Waals surface area contributed by atoms with Crippen LogP contribution < -0.4 is 10.6 Å². The van der Waals surface area contributed by atoms with Gasteiger partial charge in [-0.25, -0.2) is 4.98 Å². The van der Waals surface area contributed by atoms with Crippen LogP contribution in [0.1, 0.15) is 18.5 Å². The SMILES string of the molecule is Cc1csc(NC(=O)CNCCCC(=O)O)n1. The Morgan fingerprint density at radius 2 is 2.29 bits per heavy atom. The number of aryl methyl sites for hydroxylation is 1. The number of carboxylic acids is 1. The summed E-state index contributed by atoms with van der Waals surface area (Å²) in [6, 6.07) is 0. The van der Waals surface area contributed by atoms with Crippen LogP contribution in [0.3, 0.4) is 0 Å². The van der Waals surface area contributed by atoms with Crippen molar-refractivity contribution in [2.75, 3.05) is 18.4 Å². The molecule has 1 amide bonds. The van der Waals surface area contributed by atoms with Gasteiger partial charge < -0.3 is 15.7 Å². The van der Waals surface area contributed by atoms with E-state index >= 15 is 0 Å². The Morgan fingerprint density at radius 1 is 1.53 bits per heavy atom. The first-order chi connectivity index (χ1) is 8.08. The van der Waals surface area contributed by atoms with E-state index in [1.807, 2.05) is 12.3 Å². The molecular formula is C10H15N3O3S. The first-order valence-corrected chi connectivity index (χ1v) is 6.10. The molecule has 1 aromatic heterocycles. The molecule has 0 radical (unpaired) electrons. The molecule has 1 aromatic rings. The van der Waals surface area contributed by atoms with Crippen LogP contribution in [0.4, 0.5) is 5.13 Å². The minimum absolute atomic E-state index is 0.111. The number of nitrogens with zero attached hydrogens (tertiary/aromatic N) is 1. The van der Waals surface area contributed by atoms with Gasteiger partial charge in [0.2, 0.25) is 5.91 Å². The molecule has 1 rings (SSSR count). The average molecular weight is 257 g/mol. The number of rotatable bonds is 7. The topological polar surface area (TPSA) is 91.3 Å². The largest absolute Gasteiger partial charge is 0.481 e. The normalized spacial score (nSPS) is 10.2. The van der Waals surface area contributed by atoms with Crippen molar-refractivity contribution in [1.82, 2.24) is 10.3 Å². The third-order valence-corrected chi connectivity index (χ3v) is 2.77. The zero-order chi connectivity index (χ0) is 12.7. The lowest BCUT2D eigenvalue weighted by molar-refractivity contribution is -0.137. The molecule has 0 aliphatic heterocycles. The first-order valence-electron chi connectivity index (χ1n) is 5.22. The number of aromatic nitrogens is 1. The number of carboxylic acid groups (broad SMARTS) is 1. The van der Waals surface area contributed by atoms with Crippen molar-refractivity contribution in [3.63, 3.8) is 0 Å². The van der Waals surface area contributed by atoms with E-state index in [1.165, 1.54) is 11.3 Å². The second-order valence-electron chi connectivity index (χ2n) is 3.52. The van der Waals surface area contributed by atoms with Gasteiger partial charge in [-0.2, -0.15) is 0 Å². The molecule has 0 bridgehead atoms. The van der Waals surface area contributed by atoms with Crippen molar-refractivity contribution >= 4 is 28.3 Å². The molecule has 0 aliphatic carbocycles. The van der Waals surface area contributed by atoms with Crippen molar-refractivity contribution in [3.8, 4) is 0 Å². The van der Waals surface area contributed by atoms with E-state index in [1.54, 1.807) is 0 Å². The minimum atomic E-state index is -0.825. The molecular weight excluding hydrogens is 242 g/mol. The Labute approximate surface area is 103 Å². The molecule has 0 aliphatic rings. The number of thiazole rings is 1. The number of hydrogen-bond acceptors (Lipinski definition) is 5. The van der Waals surface area contributed by atoms with Crippen molar-refractivity contribution in [2.24, 2.45) is 0 Å². The van der Waals surface area contributed by atoms with E-state index in [0.29, 0.717) is 18.1 Å². The van der Waals surface area contributed by atoms with Crippen LogP contribution >= 0.6 is 11.3 Å². The van der Waals surface area contributed by atoms with Gasteiger partial charge >= 0.3 is 5.97 Å². The summed E-state index contributed by atoms with van der Waals surface area (Å²) in [5, 5.41) is 16.4. The molecule has 6 nitrogen and oxygen atoms in total. The Hall–Kier alpha value is -1.47. The van der Waals surface area contributed by atoms with Crippen LogP contribution in [0.2, 0.25) is 0 Å². The lowest BCUT2D eigenvalue weighted by Crippen LogP contribution is -2.28. The van der Waals surface area contributed by atoms with Crippen LogP contribution in [0.15, 0.2) is 5.38 Å². The third-order valence-electron chi connectivity index (χ3n) is 1.90. The van der Waals surface area contributed by atoms with Crippen molar-refractivity contribution in [3.05, 3.63) is 11.1 Å². The van der Waals surface area contributed by atoms with Gasteiger partial charge in [0.1, 0.15) is 0 Å². The summed E-state index contributed by atoms with van der Waals surface area (Å²) in [7, 11) is 0. The summed E-state index contributed by atoms with van der Waals surface area (Å²) in [5.74, 6) is -0.996. The smallest absolute Gasteiger partial charge is 0.303 e. The average Bonchev–Trinajstić information content (AvgIpc) is 2.63. The van der Waals surface area contributed by atoms with Gasteiger partial charge in [-0.05, 0) is 19.9 Å². The van der Waals surface area contributed by atoms with E-state index in [0.717, 1.165) is 5.69 Å². The van der Waals surface area contributed by atoms with E-state index in [-0.39, 0.29) is 18.9 Å². The van der Waals surface area contributed by atoms with E-state index in [9.17, 15) is 9.59 Å². The zero-order valence-corrected chi connectivity index (χ0v) is 10.3. The number of carbonyl (C=O) groups is 2. The maximum absolute atomic E-state index is 11.4. The van der Waals surface area contributed by atoms with E-state index in [2.05, 4.69) is 15.6 Å². The second kappa shape index (κ2) is 6.97. The lowest BCUT2D eigenvalue weighted by atomic mass is 10.3. The summed E-state index contributed by atoms with van der Waals surface area (Å²) in [4.78, 5) is 25.7. The quantitative estimate of drug-likeness (QED) is 0.630. The molecule has 7 heteroatoms. The zero-order valence-electron chi connectivity index (χ0n) is 9.52. The Balaban J connectivity index is 2.11. The Morgan fingerprint density at radius 3 is 2.88 bits per heavy atom. The molecule has 3 N–H and O–H groups in total. The first kappa shape index (κ1) is 13.6. The number of nitrogens with one attached hydrogen (secondary N) is 2. The van der Waals surface area contributed by atoms with Crippen LogP contribution in [0.25, 0.3) is 0 Å². The molecule has 0 saturated heterocycles. The summed E-state index contributed by atoms with van der Waals surface area (Å²) in [5.41, 5.74) is 0.875. The fraction of sp³-hybridized carbons (Fsp3) is 0.500. The molecule has 0 spiro atoms. The number of amides is 1. The van der Waals surface area contributed by atoms with Gasteiger partial charge in [-0.1, -0.05) is 0 Å². The van der Waals surface area contributed by atoms with Gasteiger partial charge in [-0.3, -0.25) is 9.59 Å². The van der Waals surface area contributed by atoms with Crippen molar-refractivity contribution in [2.45, 2.75) is 19.8 Å². The number of carbonyl (C=O) groups excluding carboxylic acids is 1. The van der Waals surface area contributed by atoms with Crippen LogP contribution in [0, 0.1) is 6.92 Å². The Bertz CT molecular complexity index is 392. The van der Waals surface area contributed by atoms with Crippen LogP contribution in [-0.4, -0.2) is 35.1 Å². The van der Waals surface area contributed by atoms with Gasteiger partial charge in [0.25, 0.3) is 0 Å². The summed E-state index contributed by atoms with van der Waals surface area (Å²) >= 11 is 1.38. The number of aliphatic carboxylic acids is 1. The lowest BCUT2D eigenvalue weighted by Gasteiger charge is -2.03. The Kier molecular flexibility index (Phi) is 5.58. The fourth-order valence-corrected chi connectivity index (χ4v) is 1.85. The molecule has 94 valence electrons.